The standard InChI is InChI=1S/C18H33N3O/c1-13(2)16-14(3)19-17(18(4,5)6)21-9-8-20(10-11-22-7)12-15(16)21/h13-14H,8-12H2,1-7H3/t14-/m0/s1. The average Bonchev–Trinajstić information content (AvgIpc) is 2.42. The number of rotatable bonds is 4. The van der Waals surface area contributed by atoms with Gasteiger partial charge in [-0.2, -0.15) is 0 Å². The number of nitrogens with zero attached hydrogens (tertiary/aromatic N) is 3. The molecule has 4 nitrogen and oxygen atoms in total. The highest BCUT2D eigenvalue weighted by molar-refractivity contribution is 5.90. The fourth-order valence-electron chi connectivity index (χ4n) is 3.62. The van der Waals surface area contributed by atoms with Gasteiger partial charge in [-0.3, -0.25) is 9.89 Å². The van der Waals surface area contributed by atoms with Gasteiger partial charge in [0.1, 0.15) is 5.84 Å². The van der Waals surface area contributed by atoms with E-state index in [1.54, 1.807) is 7.11 Å². The van der Waals surface area contributed by atoms with Gasteiger partial charge in [0.05, 0.1) is 12.6 Å². The Balaban J connectivity index is 2.32. The third-order valence-electron chi connectivity index (χ3n) is 4.60. The van der Waals surface area contributed by atoms with E-state index in [1.165, 1.54) is 17.1 Å². The second kappa shape index (κ2) is 6.71. The Morgan fingerprint density at radius 2 is 1.95 bits per heavy atom. The molecule has 2 heterocycles. The molecule has 126 valence electrons. The van der Waals surface area contributed by atoms with E-state index in [9.17, 15) is 0 Å². The van der Waals surface area contributed by atoms with Crippen LogP contribution >= 0.6 is 0 Å². The molecular formula is C18H33N3O. The molecule has 4 heteroatoms. The zero-order chi connectivity index (χ0) is 16.5. The summed E-state index contributed by atoms with van der Waals surface area (Å²) < 4.78 is 5.26. The second-order valence-electron chi connectivity index (χ2n) is 7.86. The average molecular weight is 307 g/mol. The van der Waals surface area contributed by atoms with Crippen LogP contribution in [-0.2, 0) is 4.74 Å². The minimum absolute atomic E-state index is 0.0940. The fourth-order valence-corrected chi connectivity index (χ4v) is 3.62. The van der Waals surface area contributed by atoms with Crippen LogP contribution in [0.15, 0.2) is 16.3 Å². The number of hydrogen-bond donors (Lipinski definition) is 0. The minimum Gasteiger partial charge on any atom is -0.383 e. The van der Waals surface area contributed by atoms with Gasteiger partial charge in [-0.15, -0.1) is 0 Å². The van der Waals surface area contributed by atoms with Crippen molar-refractivity contribution in [2.24, 2.45) is 16.3 Å². The maximum Gasteiger partial charge on any atom is 0.109 e. The lowest BCUT2D eigenvalue weighted by Gasteiger charge is -2.47. The van der Waals surface area contributed by atoms with Crippen LogP contribution in [0.4, 0.5) is 0 Å². The third-order valence-corrected chi connectivity index (χ3v) is 4.60. The lowest BCUT2D eigenvalue weighted by Crippen LogP contribution is -2.54. The molecule has 0 aromatic heterocycles. The molecule has 2 rings (SSSR count). The minimum atomic E-state index is 0.0940. The topological polar surface area (TPSA) is 28.1 Å². The predicted octanol–water partition coefficient (Wildman–Crippen LogP) is 3.01. The van der Waals surface area contributed by atoms with Crippen LogP contribution < -0.4 is 0 Å². The normalized spacial score (nSPS) is 23.9. The first-order valence-electron chi connectivity index (χ1n) is 8.55. The van der Waals surface area contributed by atoms with E-state index in [4.69, 9.17) is 9.73 Å². The van der Waals surface area contributed by atoms with Crippen molar-refractivity contribution < 1.29 is 4.74 Å². The van der Waals surface area contributed by atoms with Crippen molar-refractivity contribution in [2.75, 3.05) is 39.9 Å². The zero-order valence-electron chi connectivity index (χ0n) is 15.4. The number of aliphatic imine (C=N–C) groups is 1. The lowest BCUT2D eigenvalue weighted by atomic mass is 9.86. The monoisotopic (exact) mass is 307 g/mol. The van der Waals surface area contributed by atoms with Crippen LogP contribution in [0.3, 0.4) is 0 Å². The van der Waals surface area contributed by atoms with E-state index in [1.807, 2.05) is 0 Å². The molecule has 2 aliphatic rings. The second-order valence-corrected chi connectivity index (χ2v) is 7.86. The molecule has 0 aliphatic carbocycles. The first kappa shape index (κ1) is 17.5. The molecule has 22 heavy (non-hydrogen) atoms. The number of amidine groups is 1. The van der Waals surface area contributed by atoms with Gasteiger partial charge in [0.15, 0.2) is 0 Å². The number of hydrogen-bond acceptors (Lipinski definition) is 4. The quantitative estimate of drug-likeness (QED) is 0.799. The SMILES string of the molecule is COCCN1CCN2C(C(C)(C)C)=N[C@@H](C)C(C(C)C)=C2C1. The van der Waals surface area contributed by atoms with Crippen LogP contribution in [0, 0.1) is 11.3 Å². The van der Waals surface area contributed by atoms with Crippen molar-refractivity contribution in [3.05, 3.63) is 11.3 Å². The van der Waals surface area contributed by atoms with Crippen molar-refractivity contribution in [2.45, 2.75) is 47.6 Å². The highest BCUT2D eigenvalue weighted by Gasteiger charge is 2.37. The summed E-state index contributed by atoms with van der Waals surface area (Å²) >= 11 is 0. The Labute approximate surface area is 136 Å². The van der Waals surface area contributed by atoms with Crippen molar-refractivity contribution >= 4 is 5.84 Å². The number of methoxy groups -OCH3 is 1. The summed E-state index contributed by atoms with van der Waals surface area (Å²) in [5.41, 5.74) is 3.09. The van der Waals surface area contributed by atoms with Crippen LogP contribution in [0.5, 0.6) is 0 Å². The Morgan fingerprint density at radius 1 is 1.27 bits per heavy atom. The van der Waals surface area contributed by atoms with Gasteiger partial charge in [-0.1, -0.05) is 34.6 Å². The number of ether oxygens (including phenoxy) is 1. The van der Waals surface area contributed by atoms with Gasteiger partial charge in [-0.05, 0) is 18.4 Å². The highest BCUT2D eigenvalue weighted by atomic mass is 16.5. The lowest BCUT2D eigenvalue weighted by molar-refractivity contribution is 0.131. The van der Waals surface area contributed by atoms with Gasteiger partial charge >= 0.3 is 0 Å². The van der Waals surface area contributed by atoms with Crippen LogP contribution in [0.25, 0.3) is 0 Å². The Morgan fingerprint density at radius 3 is 2.50 bits per heavy atom. The van der Waals surface area contributed by atoms with Crippen molar-refractivity contribution in [3.63, 3.8) is 0 Å². The van der Waals surface area contributed by atoms with Crippen LogP contribution in [0.2, 0.25) is 0 Å². The van der Waals surface area contributed by atoms with Gasteiger partial charge in [0, 0.05) is 44.4 Å². The zero-order valence-corrected chi connectivity index (χ0v) is 15.4. The van der Waals surface area contributed by atoms with E-state index >= 15 is 0 Å². The smallest absolute Gasteiger partial charge is 0.109 e. The summed E-state index contributed by atoms with van der Waals surface area (Å²) in [7, 11) is 1.78. The first-order chi connectivity index (χ1) is 10.3. The Bertz CT molecular complexity index is 459. The van der Waals surface area contributed by atoms with Crippen molar-refractivity contribution in [1.82, 2.24) is 9.80 Å². The molecule has 0 saturated carbocycles. The Kier molecular flexibility index (Phi) is 5.33. The van der Waals surface area contributed by atoms with Crippen molar-refractivity contribution in [3.8, 4) is 0 Å². The van der Waals surface area contributed by atoms with Gasteiger partial charge in [-0.25, -0.2) is 0 Å². The molecule has 0 amide bonds. The molecule has 0 aromatic rings. The maximum absolute atomic E-state index is 5.26. The fraction of sp³-hybridized carbons (Fsp3) is 0.833. The van der Waals surface area contributed by atoms with E-state index in [-0.39, 0.29) is 5.41 Å². The molecule has 1 saturated heterocycles. The number of fused-ring (bicyclic) bond motifs is 1. The predicted molar refractivity (Wildman–Crippen MR) is 93.2 cm³/mol. The summed E-state index contributed by atoms with van der Waals surface area (Å²) in [5, 5.41) is 0. The van der Waals surface area contributed by atoms with E-state index in [2.05, 4.69) is 51.3 Å². The highest BCUT2D eigenvalue weighted by Crippen LogP contribution is 2.35. The van der Waals surface area contributed by atoms with Crippen molar-refractivity contribution in [1.29, 1.82) is 0 Å². The summed E-state index contributed by atoms with van der Waals surface area (Å²) in [6, 6.07) is 0.294. The van der Waals surface area contributed by atoms with E-state index in [0.717, 1.165) is 32.8 Å². The molecule has 0 N–H and O–H groups in total. The molecular weight excluding hydrogens is 274 g/mol. The summed E-state index contributed by atoms with van der Waals surface area (Å²) in [6.07, 6.45) is 0. The van der Waals surface area contributed by atoms with Gasteiger partial charge in [0.2, 0.25) is 0 Å². The van der Waals surface area contributed by atoms with Gasteiger partial charge in [0.25, 0.3) is 0 Å². The van der Waals surface area contributed by atoms with Gasteiger partial charge < -0.3 is 9.64 Å². The molecule has 0 spiro atoms. The first-order valence-corrected chi connectivity index (χ1v) is 8.55. The third kappa shape index (κ3) is 3.54. The molecule has 1 fully saturated rings. The van der Waals surface area contributed by atoms with Crippen LogP contribution in [-0.4, -0.2) is 61.6 Å². The molecule has 0 aromatic carbocycles. The number of piperazine rings is 1. The van der Waals surface area contributed by atoms with E-state index < -0.39 is 0 Å². The summed E-state index contributed by atoms with van der Waals surface area (Å²) in [6.45, 7) is 18.6. The molecule has 0 unspecified atom stereocenters. The Hall–Kier alpha value is -0.870. The molecule has 0 radical (unpaired) electrons. The van der Waals surface area contributed by atoms with Crippen LogP contribution in [0.1, 0.15) is 41.5 Å². The molecule has 1 atom stereocenters. The molecule has 0 bridgehead atoms. The summed E-state index contributed by atoms with van der Waals surface area (Å²) in [4.78, 5) is 10.1. The summed E-state index contributed by atoms with van der Waals surface area (Å²) in [5.74, 6) is 1.80. The largest absolute Gasteiger partial charge is 0.383 e. The maximum atomic E-state index is 5.26. The molecule has 2 aliphatic heterocycles. The van der Waals surface area contributed by atoms with E-state index in [0.29, 0.717) is 12.0 Å².